The summed E-state index contributed by atoms with van der Waals surface area (Å²) in [5.74, 6) is -3.71. The summed E-state index contributed by atoms with van der Waals surface area (Å²) in [5.41, 5.74) is 0.312. The maximum atomic E-state index is 13.5. The average molecular weight is 272 g/mol. The Balaban J connectivity index is 1.91. The van der Waals surface area contributed by atoms with Gasteiger partial charge in [-0.05, 0) is 12.1 Å². The van der Waals surface area contributed by atoms with Crippen LogP contribution in [0.4, 0.5) is 8.78 Å². The van der Waals surface area contributed by atoms with Crippen molar-refractivity contribution in [3.8, 4) is 0 Å². The number of carbonyl (C=O) groups excluding carboxylic acids is 1. The van der Waals surface area contributed by atoms with E-state index in [9.17, 15) is 13.6 Å². The lowest BCUT2D eigenvalue weighted by Crippen LogP contribution is -2.33. The van der Waals surface area contributed by atoms with Crippen LogP contribution in [0.15, 0.2) is 30.3 Å². The Morgan fingerprint density at radius 2 is 2.11 bits per heavy atom. The molecule has 0 aromatic heterocycles. The molecule has 1 aliphatic heterocycles. The Labute approximate surface area is 109 Å². The maximum Gasteiger partial charge on any atom is 0.338 e. The summed E-state index contributed by atoms with van der Waals surface area (Å²) in [5, 5.41) is 0. The van der Waals surface area contributed by atoms with E-state index in [4.69, 9.17) is 14.2 Å². The molecule has 6 heteroatoms. The minimum absolute atomic E-state index is 0.312. The van der Waals surface area contributed by atoms with Crippen LogP contribution in [0.25, 0.3) is 0 Å². The van der Waals surface area contributed by atoms with Crippen molar-refractivity contribution in [1.82, 2.24) is 0 Å². The number of halogens is 2. The van der Waals surface area contributed by atoms with Crippen molar-refractivity contribution in [3.63, 3.8) is 0 Å². The van der Waals surface area contributed by atoms with E-state index < -0.39 is 37.3 Å². The second kappa shape index (κ2) is 5.63. The summed E-state index contributed by atoms with van der Waals surface area (Å²) >= 11 is 0. The Bertz CT molecular complexity index is 436. The van der Waals surface area contributed by atoms with Crippen molar-refractivity contribution in [3.05, 3.63) is 35.9 Å². The first-order valence-electron chi connectivity index (χ1n) is 5.81. The highest BCUT2D eigenvalue weighted by Gasteiger charge is 2.51. The second-order valence-electron chi connectivity index (χ2n) is 4.22. The Morgan fingerprint density at radius 1 is 1.42 bits per heavy atom. The fourth-order valence-corrected chi connectivity index (χ4v) is 1.79. The molecule has 0 aliphatic carbocycles. The zero-order chi connectivity index (χ0) is 13.9. The predicted octanol–water partition coefficient (Wildman–Crippen LogP) is 2.24. The second-order valence-corrected chi connectivity index (χ2v) is 4.22. The highest BCUT2D eigenvalue weighted by molar-refractivity contribution is 5.89. The Morgan fingerprint density at radius 3 is 2.68 bits per heavy atom. The number of rotatable bonds is 4. The molecule has 1 aromatic carbocycles. The van der Waals surface area contributed by atoms with Crippen LogP contribution < -0.4 is 0 Å². The number of benzene rings is 1. The van der Waals surface area contributed by atoms with Crippen molar-refractivity contribution in [2.45, 2.75) is 24.7 Å². The minimum Gasteiger partial charge on any atom is -0.459 e. The number of ether oxygens (including phenoxy) is 3. The lowest BCUT2D eigenvalue weighted by molar-refractivity contribution is -0.142. The van der Waals surface area contributed by atoms with E-state index in [2.05, 4.69) is 0 Å². The Kier molecular flexibility index (Phi) is 4.11. The molecule has 1 fully saturated rings. The van der Waals surface area contributed by atoms with Gasteiger partial charge in [0.05, 0.1) is 12.0 Å². The van der Waals surface area contributed by atoms with E-state index >= 15 is 0 Å². The third kappa shape index (κ3) is 3.27. The van der Waals surface area contributed by atoms with Gasteiger partial charge >= 0.3 is 5.97 Å². The molecule has 2 atom stereocenters. The number of carbonyl (C=O) groups is 1. The third-order valence-electron chi connectivity index (χ3n) is 2.86. The summed E-state index contributed by atoms with van der Waals surface area (Å²) in [4.78, 5) is 11.6. The molecule has 0 radical (unpaired) electrons. The summed E-state index contributed by atoms with van der Waals surface area (Å²) in [7, 11) is 1.29. The van der Waals surface area contributed by atoms with Gasteiger partial charge in [-0.2, -0.15) is 0 Å². The van der Waals surface area contributed by atoms with E-state index in [1.54, 1.807) is 30.3 Å². The lowest BCUT2D eigenvalue weighted by Gasteiger charge is -2.17. The van der Waals surface area contributed by atoms with Crippen molar-refractivity contribution >= 4 is 5.97 Å². The molecule has 2 unspecified atom stereocenters. The molecule has 0 spiro atoms. The van der Waals surface area contributed by atoms with Crippen molar-refractivity contribution in [2.75, 3.05) is 13.7 Å². The smallest absolute Gasteiger partial charge is 0.338 e. The van der Waals surface area contributed by atoms with Crippen LogP contribution in [0, 0.1) is 0 Å². The quantitative estimate of drug-likeness (QED) is 0.788. The van der Waals surface area contributed by atoms with Crippen LogP contribution in [0.5, 0.6) is 0 Å². The first kappa shape index (κ1) is 13.9. The molecular formula is C13H14F2O4. The van der Waals surface area contributed by atoms with Crippen molar-refractivity contribution in [1.29, 1.82) is 0 Å². The molecule has 1 aromatic rings. The number of methoxy groups -OCH3 is 1. The van der Waals surface area contributed by atoms with Gasteiger partial charge in [-0.15, -0.1) is 0 Å². The maximum absolute atomic E-state index is 13.5. The van der Waals surface area contributed by atoms with Crippen LogP contribution >= 0.6 is 0 Å². The van der Waals surface area contributed by atoms with Gasteiger partial charge in [0.25, 0.3) is 5.92 Å². The van der Waals surface area contributed by atoms with E-state index in [1.165, 1.54) is 7.11 Å². The summed E-state index contributed by atoms with van der Waals surface area (Å²) in [6.07, 6.45) is -2.96. The van der Waals surface area contributed by atoms with Gasteiger partial charge in [0, 0.05) is 7.11 Å². The predicted molar refractivity (Wildman–Crippen MR) is 62.0 cm³/mol. The molecule has 1 aliphatic rings. The standard InChI is InChI=1S/C13H14F2O4/c1-17-11-7-13(14,15)10(19-11)8-18-12(16)9-5-3-2-4-6-9/h2-6,10-11H,7-8H2,1H3. The van der Waals surface area contributed by atoms with Crippen molar-refractivity contribution in [2.24, 2.45) is 0 Å². The highest BCUT2D eigenvalue weighted by Crippen LogP contribution is 2.36. The van der Waals surface area contributed by atoms with Crippen LogP contribution in [0.2, 0.25) is 0 Å². The largest absolute Gasteiger partial charge is 0.459 e. The monoisotopic (exact) mass is 272 g/mol. The average Bonchev–Trinajstić information content (AvgIpc) is 2.71. The fraction of sp³-hybridized carbons (Fsp3) is 0.462. The van der Waals surface area contributed by atoms with Crippen LogP contribution in [0.3, 0.4) is 0 Å². The van der Waals surface area contributed by atoms with Gasteiger partial charge in [0.15, 0.2) is 12.4 Å². The summed E-state index contributed by atoms with van der Waals surface area (Å²) in [6.45, 7) is -0.499. The molecule has 4 nitrogen and oxygen atoms in total. The number of hydrogen-bond acceptors (Lipinski definition) is 4. The van der Waals surface area contributed by atoms with Gasteiger partial charge in [-0.1, -0.05) is 18.2 Å². The molecule has 0 bridgehead atoms. The minimum atomic E-state index is -3.06. The molecule has 19 heavy (non-hydrogen) atoms. The molecular weight excluding hydrogens is 258 g/mol. The van der Waals surface area contributed by atoms with Gasteiger partial charge in [-0.25, -0.2) is 13.6 Å². The number of alkyl halides is 2. The van der Waals surface area contributed by atoms with Gasteiger partial charge in [0.2, 0.25) is 0 Å². The van der Waals surface area contributed by atoms with E-state index in [0.29, 0.717) is 5.56 Å². The summed E-state index contributed by atoms with van der Waals surface area (Å²) in [6, 6.07) is 8.17. The van der Waals surface area contributed by atoms with Crippen LogP contribution in [0.1, 0.15) is 16.8 Å². The lowest BCUT2D eigenvalue weighted by atomic mass is 10.2. The van der Waals surface area contributed by atoms with Gasteiger partial charge in [-0.3, -0.25) is 0 Å². The first-order valence-corrected chi connectivity index (χ1v) is 5.81. The molecule has 1 saturated heterocycles. The zero-order valence-electron chi connectivity index (χ0n) is 10.3. The van der Waals surface area contributed by atoms with Crippen LogP contribution in [-0.4, -0.2) is 38.0 Å². The highest BCUT2D eigenvalue weighted by atomic mass is 19.3. The van der Waals surface area contributed by atoms with E-state index in [-0.39, 0.29) is 0 Å². The summed E-state index contributed by atoms with van der Waals surface area (Å²) < 4.78 is 41.5. The Hall–Kier alpha value is -1.53. The van der Waals surface area contributed by atoms with Gasteiger partial charge in [0.1, 0.15) is 6.61 Å². The first-order chi connectivity index (χ1) is 9.03. The molecule has 104 valence electrons. The van der Waals surface area contributed by atoms with Gasteiger partial charge < -0.3 is 14.2 Å². The van der Waals surface area contributed by atoms with E-state index in [0.717, 1.165) is 0 Å². The number of hydrogen-bond donors (Lipinski definition) is 0. The fourth-order valence-electron chi connectivity index (χ4n) is 1.79. The van der Waals surface area contributed by atoms with E-state index in [1.807, 2.05) is 0 Å². The molecule has 0 saturated carbocycles. The normalized spacial score (nSPS) is 25.2. The number of esters is 1. The SMILES string of the molecule is COC1CC(F)(F)C(COC(=O)c2ccccc2)O1. The molecule has 0 N–H and O–H groups in total. The third-order valence-corrected chi connectivity index (χ3v) is 2.86. The molecule has 0 amide bonds. The zero-order valence-corrected chi connectivity index (χ0v) is 10.3. The molecule has 1 heterocycles. The topological polar surface area (TPSA) is 44.8 Å². The molecule has 2 rings (SSSR count). The van der Waals surface area contributed by atoms with Crippen molar-refractivity contribution < 1.29 is 27.8 Å². The van der Waals surface area contributed by atoms with Crippen LogP contribution in [-0.2, 0) is 14.2 Å².